The van der Waals surface area contributed by atoms with Crippen molar-refractivity contribution in [3.8, 4) is 0 Å². The number of benzene rings is 3. The number of ether oxygens (including phenoxy) is 1. The van der Waals surface area contributed by atoms with E-state index in [-0.39, 0.29) is 35.8 Å². The van der Waals surface area contributed by atoms with Gasteiger partial charge >= 0.3 is 12.1 Å². The van der Waals surface area contributed by atoms with Crippen LogP contribution in [0.2, 0.25) is 0 Å². The summed E-state index contributed by atoms with van der Waals surface area (Å²) in [5.74, 6) is -2.02. The van der Waals surface area contributed by atoms with Crippen molar-refractivity contribution in [2.24, 2.45) is 17.6 Å². The second-order valence-corrected chi connectivity index (χ2v) is 13.0. The summed E-state index contributed by atoms with van der Waals surface area (Å²) < 4.78 is 5.07. The summed E-state index contributed by atoms with van der Waals surface area (Å²) in [6.07, 6.45) is 0.339. The Morgan fingerprint density at radius 2 is 1.40 bits per heavy atom. The summed E-state index contributed by atoms with van der Waals surface area (Å²) in [6, 6.07) is 26.1. The van der Waals surface area contributed by atoms with Gasteiger partial charge in [0.2, 0.25) is 11.8 Å². The molecule has 0 saturated carbocycles. The Kier molecular flexibility index (Phi) is 13.3. The third kappa shape index (κ3) is 10.2. The van der Waals surface area contributed by atoms with Gasteiger partial charge in [-0.1, -0.05) is 92.7 Å². The molecule has 3 amide bonds. The Balaban J connectivity index is 1.36. The summed E-state index contributed by atoms with van der Waals surface area (Å²) in [7, 11) is 1.59. The van der Waals surface area contributed by atoms with Crippen LogP contribution in [0.1, 0.15) is 54.6 Å². The summed E-state index contributed by atoms with van der Waals surface area (Å²) in [4.78, 5) is 55.8. The molecule has 10 heteroatoms. The second kappa shape index (κ2) is 17.6. The van der Waals surface area contributed by atoms with Gasteiger partial charge in [-0.05, 0) is 61.3 Å². The molecule has 1 heterocycles. The summed E-state index contributed by atoms with van der Waals surface area (Å²) in [5.41, 5.74) is 8.64. The zero-order chi connectivity index (χ0) is 34.6. The van der Waals surface area contributed by atoms with E-state index >= 15 is 0 Å². The Bertz CT molecular complexity index is 1480. The number of hydrogen-bond acceptors (Lipinski definition) is 7. The molecular weight excluding hydrogens is 608 g/mol. The second-order valence-electron chi connectivity index (χ2n) is 13.0. The molecule has 1 aliphatic heterocycles. The number of rotatable bonds is 13. The highest BCUT2D eigenvalue weighted by Crippen LogP contribution is 2.22. The maximum absolute atomic E-state index is 13.9. The summed E-state index contributed by atoms with van der Waals surface area (Å²) >= 11 is 0. The van der Waals surface area contributed by atoms with E-state index in [0.717, 1.165) is 11.1 Å². The average molecular weight is 657 g/mol. The van der Waals surface area contributed by atoms with Crippen molar-refractivity contribution in [2.75, 3.05) is 20.1 Å². The van der Waals surface area contributed by atoms with Crippen molar-refractivity contribution >= 4 is 23.9 Å². The number of aliphatic hydroxyl groups excluding tert-OH is 1. The zero-order valence-corrected chi connectivity index (χ0v) is 28.0. The maximum atomic E-state index is 13.9. The van der Waals surface area contributed by atoms with E-state index in [1.54, 1.807) is 42.3 Å². The van der Waals surface area contributed by atoms with Crippen LogP contribution in [0.4, 0.5) is 4.79 Å². The lowest BCUT2D eigenvalue weighted by Gasteiger charge is -2.38. The molecule has 0 aliphatic carbocycles. The molecule has 0 unspecified atom stereocenters. The van der Waals surface area contributed by atoms with Crippen LogP contribution in [0, 0.1) is 11.8 Å². The molecule has 256 valence electrons. The SMILES string of the molecule is CC(C)[C@H](NC(=O)[C@@H](Cc1ccccc1)C[C@@H](O)[C@@H](N)Cc1ccccc1)C(=O)N1CCC(N(C)C(=O)OC(=O)c2ccccc2)CC1. The van der Waals surface area contributed by atoms with E-state index in [0.29, 0.717) is 38.8 Å². The fraction of sp³-hybridized carbons (Fsp3) is 0.421. The molecule has 0 aromatic heterocycles. The Morgan fingerprint density at radius 3 is 1.94 bits per heavy atom. The zero-order valence-electron chi connectivity index (χ0n) is 28.0. The van der Waals surface area contributed by atoms with Gasteiger partial charge in [-0.15, -0.1) is 0 Å². The number of piperidine rings is 1. The van der Waals surface area contributed by atoms with E-state index in [1.165, 1.54) is 4.90 Å². The fourth-order valence-corrected chi connectivity index (χ4v) is 6.06. The standard InChI is InChI=1S/C38H48N4O6/c1-26(2)34(36(45)42-21-19-31(20-22-42)41(3)38(47)48-37(46)29-17-11-6-12-18-29)40-35(44)30(23-27-13-7-4-8-14-27)25-33(43)32(39)24-28-15-9-5-10-16-28/h4-18,26,30-34,43H,19-25,39H2,1-3H3,(H,40,44)/t30-,32-,33+,34-/m0/s1. The highest BCUT2D eigenvalue weighted by Gasteiger charge is 2.35. The van der Waals surface area contributed by atoms with Crippen LogP contribution in [0.15, 0.2) is 91.0 Å². The molecule has 1 saturated heterocycles. The molecule has 3 aromatic rings. The normalized spacial score (nSPS) is 16.0. The third-order valence-corrected chi connectivity index (χ3v) is 9.06. The van der Waals surface area contributed by atoms with Gasteiger partial charge in [-0.2, -0.15) is 0 Å². The molecule has 0 spiro atoms. The van der Waals surface area contributed by atoms with E-state index in [4.69, 9.17) is 10.5 Å². The van der Waals surface area contributed by atoms with Crippen molar-refractivity contribution in [2.45, 2.75) is 70.2 Å². The summed E-state index contributed by atoms with van der Waals surface area (Å²) in [6.45, 7) is 4.54. The van der Waals surface area contributed by atoms with Crippen LogP contribution in [0.25, 0.3) is 0 Å². The van der Waals surface area contributed by atoms with Gasteiger partial charge < -0.3 is 30.7 Å². The largest absolute Gasteiger partial charge is 0.417 e. The number of carbonyl (C=O) groups is 4. The van der Waals surface area contributed by atoms with Gasteiger partial charge in [0, 0.05) is 38.1 Å². The van der Waals surface area contributed by atoms with Crippen molar-refractivity contribution in [3.05, 3.63) is 108 Å². The lowest BCUT2D eigenvalue weighted by atomic mass is 9.88. The Morgan fingerprint density at radius 1 is 0.875 bits per heavy atom. The van der Waals surface area contributed by atoms with Crippen LogP contribution >= 0.6 is 0 Å². The van der Waals surface area contributed by atoms with Gasteiger partial charge in [0.05, 0.1) is 11.7 Å². The first kappa shape index (κ1) is 36.3. The maximum Gasteiger partial charge on any atom is 0.417 e. The monoisotopic (exact) mass is 656 g/mol. The van der Waals surface area contributed by atoms with Crippen molar-refractivity contribution < 1.29 is 29.0 Å². The number of nitrogens with zero attached hydrogens (tertiary/aromatic N) is 2. The molecule has 0 radical (unpaired) electrons. The molecule has 10 nitrogen and oxygen atoms in total. The lowest BCUT2D eigenvalue weighted by molar-refractivity contribution is -0.140. The van der Waals surface area contributed by atoms with Crippen LogP contribution in [-0.4, -0.2) is 83.1 Å². The van der Waals surface area contributed by atoms with Gasteiger partial charge in [0.25, 0.3) is 0 Å². The third-order valence-electron chi connectivity index (χ3n) is 9.06. The van der Waals surface area contributed by atoms with E-state index in [1.807, 2.05) is 74.5 Å². The van der Waals surface area contributed by atoms with Crippen LogP contribution in [0.5, 0.6) is 0 Å². The van der Waals surface area contributed by atoms with E-state index in [2.05, 4.69) is 5.32 Å². The fourth-order valence-electron chi connectivity index (χ4n) is 6.06. The predicted molar refractivity (Wildman–Crippen MR) is 184 cm³/mol. The van der Waals surface area contributed by atoms with E-state index < -0.39 is 36.2 Å². The number of carbonyl (C=O) groups excluding carboxylic acids is 4. The van der Waals surface area contributed by atoms with Gasteiger partial charge in [-0.3, -0.25) is 9.59 Å². The average Bonchev–Trinajstić information content (AvgIpc) is 3.10. The minimum Gasteiger partial charge on any atom is -0.391 e. The minimum absolute atomic E-state index is 0.147. The molecule has 0 bridgehead atoms. The molecule has 48 heavy (non-hydrogen) atoms. The van der Waals surface area contributed by atoms with Crippen molar-refractivity contribution in [1.82, 2.24) is 15.1 Å². The van der Waals surface area contributed by atoms with Crippen molar-refractivity contribution in [1.29, 1.82) is 0 Å². The quantitative estimate of drug-likeness (QED) is 0.185. The first-order valence-corrected chi connectivity index (χ1v) is 16.7. The first-order chi connectivity index (χ1) is 23.0. The molecule has 1 fully saturated rings. The number of amides is 3. The Labute approximate surface area is 283 Å². The number of nitrogens with one attached hydrogen (secondary N) is 1. The number of esters is 1. The van der Waals surface area contributed by atoms with E-state index in [9.17, 15) is 24.3 Å². The number of likely N-dealkylation sites (tertiary alicyclic amines) is 1. The smallest absolute Gasteiger partial charge is 0.391 e. The van der Waals surface area contributed by atoms with Crippen LogP contribution in [0.3, 0.4) is 0 Å². The van der Waals surface area contributed by atoms with Gasteiger partial charge in [-0.25, -0.2) is 9.59 Å². The number of hydrogen-bond donors (Lipinski definition) is 3. The molecule has 4 rings (SSSR count). The minimum atomic E-state index is -0.927. The molecule has 4 N–H and O–H groups in total. The topological polar surface area (TPSA) is 142 Å². The van der Waals surface area contributed by atoms with Crippen LogP contribution in [-0.2, 0) is 27.2 Å². The highest BCUT2D eigenvalue weighted by molar-refractivity contribution is 5.96. The molecule has 4 atom stereocenters. The van der Waals surface area contributed by atoms with Crippen molar-refractivity contribution in [3.63, 3.8) is 0 Å². The molecular formula is C38H48N4O6. The lowest BCUT2D eigenvalue weighted by Crippen LogP contribution is -2.56. The molecule has 3 aromatic carbocycles. The number of aliphatic hydroxyl groups is 1. The summed E-state index contributed by atoms with van der Waals surface area (Å²) in [5, 5.41) is 14.1. The van der Waals surface area contributed by atoms with Crippen LogP contribution < -0.4 is 11.1 Å². The van der Waals surface area contributed by atoms with Gasteiger partial charge in [0.1, 0.15) is 6.04 Å². The highest BCUT2D eigenvalue weighted by atomic mass is 16.6. The predicted octanol–water partition coefficient (Wildman–Crippen LogP) is 4.21. The number of nitrogens with two attached hydrogens (primary N) is 1. The first-order valence-electron chi connectivity index (χ1n) is 16.7. The Hall–Kier alpha value is -4.54. The molecule has 1 aliphatic rings. The van der Waals surface area contributed by atoms with Gasteiger partial charge in [0.15, 0.2) is 0 Å².